The average Bonchev–Trinajstić information content (AvgIpc) is 3.23. The topological polar surface area (TPSA) is 38.1 Å². The minimum absolute atomic E-state index is 0.0384. The maximum atomic E-state index is 13.3. The summed E-state index contributed by atoms with van der Waals surface area (Å²) in [5.74, 6) is -0.233. The first-order valence-corrected chi connectivity index (χ1v) is 8.48. The molecule has 23 heavy (non-hydrogen) atoms. The zero-order valence-electron chi connectivity index (χ0n) is 12.5. The molecule has 0 spiro atoms. The molecule has 3 aromatic rings. The van der Waals surface area contributed by atoms with E-state index in [1.165, 1.54) is 23.5 Å². The van der Waals surface area contributed by atoms with Gasteiger partial charge in [0.25, 0.3) is 5.91 Å². The summed E-state index contributed by atoms with van der Waals surface area (Å²) in [6.45, 7) is 1.46. The van der Waals surface area contributed by atoms with Crippen molar-refractivity contribution in [2.75, 3.05) is 13.1 Å². The van der Waals surface area contributed by atoms with E-state index >= 15 is 0 Å². The van der Waals surface area contributed by atoms with E-state index in [9.17, 15) is 9.18 Å². The third-order valence-corrected chi connectivity index (χ3v) is 5.42. The summed E-state index contributed by atoms with van der Waals surface area (Å²) < 4.78 is 16.3. The van der Waals surface area contributed by atoms with Gasteiger partial charge in [-0.05, 0) is 42.5 Å². The van der Waals surface area contributed by atoms with Crippen LogP contribution in [0, 0.1) is 5.82 Å². The molecule has 1 saturated heterocycles. The van der Waals surface area contributed by atoms with Gasteiger partial charge in [0.2, 0.25) is 0 Å². The molecule has 4 rings (SSSR count). The van der Waals surface area contributed by atoms with Crippen molar-refractivity contribution in [2.45, 2.75) is 18.9 Å². The van der Waals surface area contributed by atoms with E-state index in [2.05, 4.69) is 9.55 Å². The van der Waals surface area contributed by atoms with E-state index in [0.29, 0.717) is 11.4 Å². The van der Waals surface area contributed by atoms with Crippen LogP contribution in [-0.2, 0) is 0 Å². The largest absolute Gasteiger partial charge is 0.336 e. The van der Waals surface area contributed by atoms with Crippen LogP contribution in [0.5, 0.6) is 0 Å². The maximum Gasteiger partial charge on any atom is 0.264 e. The van der Waals surface area contributed by atoms with E-state index < -0.39 is 0 Å². The summed E-state index contributed by atoms with van der Waals surface area (Å²) in [6.07, 6.45) is 7.55. The standard InChI is InChI=1S/C17H16FN3OS/c18-13-3-4-15-12(8-13)9-16(23-15)17(22)20-6-1-2-14(10-20)21-7-5-19-11-21/h3-5,7-9,11,14H,1-2,6,10H2/t14-/m0/s1. The Morgan fingerprint density at radius 2 is 2.26 bits per heavy atom. The van der Waals surface area contributed by atoms with Gasteiger partial charge in [0.1, 0.15) is 5.82 Å². The zero-order chi connectivity index (χ0) is 15.8. The second-order valence-electron chi connectivity index (χ2n) is 5.85. The third-order valence-electron chi connectivity index (χ3n) is 4.32. The number of carbonyl (C=O) groups is 1. The predicted octanol–water partition coefficient (Wildman–Crippen LogP) is 3.71. The molecule has 2 aromatic heterocycles. The van der Waals surface area contributed by atoms with Gasteiger partial charge < -0.3 is 9.47 Å². The number of hydrogen-bond donors (Lipinski definition) is 0. The van der Waals surface area contributed by atoms with E-state index in [4.69, 9.17) is 0 Å². The molecule has 3 heterocycles. The van der Waals surface area contributed by atoms with Crippen molar-refractivity contribution >= 4 is 27.3 Å². The van der Waals surface area contributed by atoms with Crippen LogP contribution in [0.4, 0.5) is 4.39 Å². The minimum Gasteiger partial charge on any atom is -0.336 e. The van der Waals surface area contributed by atoms with Crippen molar-refractivity contribution in [1.82, 2.24) is 14.5 Å². The number of thiophene rings is 1. The van der Waals surface area contributed by atoms with Crippen LogP contribution in [0.2, 0.25) is 0 Å². The highest BCUT2D eigenvalue weighted by Crippen LogP contribution is 2.29. The van der Waals surface area contributed by atoms with E-state index in [1.54, 1.807) is 24.7 Å². The summed E-state index contributed by atoms with van der Waals surface area (Å²) >= 11 is 1.43. The number of halogens is 1. The molecule has 6 heteroatoms. The van der Waals surface area contributed by atoms with Crippen LogP contribution in [0.1, 0.15) is 28.6 Å². The molecule has 4 nitrogen and oxygen atoms in total. The van der Waals surface area contributed by atoms with Gasteiger partial charge in [-0.3, -0.25) is 4.79 Å². The fraction of sp³-hybridized carbons (Fsp3) is 0.294. The first kappa shape index (κ1) is 14.4. The zero-order valence-corrected chi connectivity index (χ0v) is 13.3. The highest BCUT2D eigenvalue weighted by Gasteiger charge is 2.26. The van der Waals surface area contributed by atoms with Crippen molar-refractivity contribution in [3.63, 3.8) is 0 Å². The Hall–Kier alpha value is -2.21. The first-order valence-electron chi connectivity index (χ1n) is 7.66. The Morgan fingerprint density at radius 3 is 3.09 bits per heavy atom. The van der Waals surface area contributed by atoms with Gasteiger partial charge in [-0.25, -0.2) is 9.37 Å². The molecule has 0 saturated carbocycles. The number of piperidine rings is 1. The van der Waals surface area contributed by atoms with E-state index in [-0.39, 0.29) is 17.8 Å². The lowest BCUT2D eigenvalue weighted by Gasteiger charge is -2.33. The molecule has 1 aliphatic rings. The Morgan fingerprint density at radius 1 is 1.35 bits per heavy atom. The monoisotopic (exact) mass is 329 g/mol. The average molecular weight is 329 g/mol. The Bertz CT molecular complexity index is 843. The quantitative estimate of drug-likeness (QED) is 0.719. The molecule has 0 aliphatic carbocycles. The minimum atomic E-state index is -0.271. The van der Waals surface area contributed by atoms with Crippen molar-refractivity contribution in [3.8, 4) is 0 Å². The molecular formula is C17H16FN3OS. The molecular weight excluding hydrogens is 313 g/mol. The predicted molar refractivity (Wildman–Crippen MR) is 88.2 cm³/mol. The summed E-state index contributed by atoms with van der Waals surface area (Å²) in [6, 6.07) is 6.72. The molecule has 1 atom stereocenters. The molecule has 0 radical (unpaired) electrons. The molecule has 1 aromatic carbocycles. The van der Waals surface area contributed by atoms with Crippen molar-refractivity contribution in [1.29, 1.82) is 0 Å². The number of likely N-dealkylation sites (tertiary alicyclic amines) is 1. The number of fused-ring (bicyclic) bond motifs is 1. The fourth-order valence-electron chi connectivity index (χ4n) is 3.14. The van der Waals surface area contributed by atoms with Gasteiger partial charge in [0, 0.05) is 30.2 Å². The van der Waals surface area contributed by atoms with Crippen LogP contribution < -0.4 is 0 Å². The normalized spacial score (nSPS) is 18.5. The number of rotatable bonds is 2. The molecule has 1 amide bonds. The van der Waals surface area contributed by atoms with Crippen LogP contribution in [-0.4, -0.2) is 33.4 Å². The van der Waals surface area contributed by atoms with Crippen molar-refractivity contribution in [2.24, 2.45) is 0 Å². The molecule has 0 unspecified atom stereocenters. The molecule has 1 aliphatic heterocycles. The third kappa shape index (κ3) is 2.74. The Labute approximate surface area is 137 Å². The number of nitrogens with zero attached hydrogens (tertiary/aromatic N) is 3. The van der Waals surface area contributed by atoms with Crippen molar-refractivity contribution < 1.29 is 9.18 Å². The van der Waals surface area contributed by atoms with Crippen LogP contribution in [0.15, 0.2) is 43.0 Å². The summed E-state index contributed by atoms with van der Waals surface area (Å²) in [4.78, 5) is 19.5. The highest BCUT2D eigenvalue weighted by atomic mass is 32.1. The number of aromatic nitrogens is 2. The van der Waals surface area contributed by atoms with Gasteiger partial charge in [-0.1, -0.05) is 0 Å². The second kappa shape index (κ2) is 5.77. The van der Waals surface area contributed by atoms with Gasteiger partial charge in [-0.15, -0.1) is 11.3 Å². The maximum absolute atomic E-state index is 13.3. The fourth-order valence-corrected chi connectivity index (χ4v) is 4.15. The van der Waals surface area contributed by atoms with E-state index in [0.717, 1.165) is 29.5 Å². The highest BCUT2D eigenvalue weighted by molar-refractivity contribution is 7.20. The van der Waals surface area contributed by atoms with Crippen molar-refractivity contribution in [3.05, 3.63) is 53.7 Å². The molecule has 0 bridgehead atoms. The lowest BCUT2D eigenvalue weighted by Crippen LogP contribution is -2.40. The van der Waals surface area contributed by atoms with Gasteiger partial charge >= 0.3 is 0 Å². The lowest BCUT2D eigenvalue weighted by atomic mass is 10.1. The van der Waals surface area contributed by atoms with Crippen LogP contribution >= 0.6 is 11.3 Å². The number of carbonyl (C=O) groups excluding carboxylic acids is 1. The van der Waals surface area contributed by atoms with Crippen LogP contribution in [0.3, 0.4) is 0 Å². The van der Waals surface area contributed by atoms with Gasteiger partial charge in [-0.2, -0.15) is 0 Å². The first-order chi connectivity index (χ1) is 11.2. The number of hydrogen-bond acceptors (Lipinski definition) is 3. The summed E-state index contributed by atoms with van der Waals surface area (Å²) in [5, 5.41) is 0.793. The summed E-state index contributed by atoms with van der Waals surface area (Å²) in [5.41, 5.74) is 0. The molecule has 118 valence electrons. The SMILES string of the molecule is O=C(c1cc2cc(F)ccc2s1)N1CCC[C@H](n2ccnc2)C1. The second-order valence-corrected chi connectivity index (χ2v) is 6.93. The Kier molecular flexibility index (Phi) is 3.61. The molecule has 1 fully saturated rings. The van der Waals surface area contributed by atoms with Gasteiger partial charge in [0.15, 0.2) is 0 Å². The molecule has 0 N–H and O–H groups in total. The number of amides is 1. The smallest absolute Gasteiger partial charge is 0.264 e. The van der Waals surface area contributed by atoms with Gasteiger partial charge in [0.05, 0.1) is 17.2 Å². The number of imidazole rings is 1. The van der Waals surface area contributed by atoms with E-state index in [1.807, 2.05) is 11.1 Å². The lowest BCUT2D eigenvalue weighted by molar-refractivity contribution is 0.0684. The number of benzene rings is 1. The Balaban J connectivity index is 1.57. The summed E-state index contributed by atoms with van der Waals surface area (Å²) in [7, 11) is 0. The van der Waals surface area contributed by atoms with Crippen LogP contribution in [0.25, 0.3) is 10.1 Å².